The first-order chi connectivity index (χ1) is 9.79. The first-order valence-electron chi connectivity index (χ1n) is 5.93. The number of hydrogen-bond acceptors (Lipinski definition) is 5. The van der Waals surface area contributed by atoms with E-state index in [4.69, 9.17) is 5.73 Å². The maximum atomic E-state index is 12.2. The highest BCUT2D eigenvalue weighted by molar-refractivity contribution is 7.92. The second kappa shape index (κ2) is 5.41. The lowest BCUT2D eigenvalue weighted by Gasteiger charge is -2.09. The molecule has 0 amide bonds. The average Bonchev–Trinajstić information content (AvgIpc) is 2.43. The van der Waals surface area contributed by atoms with Crippen LogP contribution in [0.25, 0.3) is 0 Å². The number of rotatable bonds is 4. The first kappa shape index (κ1) is 14.8. The van der Waals surface area contributed by atoms with Crippen LogP contribution in [0.2, 0.25) is 0 Å². The van der Waals surface area contributed by atoms with Crippen molar-refractivity contribution in [2.45, 2.75) is 11.8 Å². The maximum absolute atomic E-state index is 12.2. The van der Waals surface area contributed by atoms with Crippen molar-refractivity contribution in [2.24, 2.45) is 0 Å². The Balaban J connectivity index is 2.29. The summed E-state index contributed by atoms with van der Waals surface area (Å²) in [6.45, 7) is 1.81. The van der Waals surface area contributed by atoms with Crippen molar-refractivity contribution in [3.8, 4) is 0 Å². The van der Waals surface area contributed by atoms with Crippen LogP contribution in [0.1, 0.15) is 5.56 Å². The molecule has 0 atom stereocenters. The molecule has 2 aromatic carbocycles. The van der Waals surface area contributed by atoms with Crippen LogP contribution < -0.4 is 10.5 Å². The molecule has 21 heavy (non-hydrogen) atoms. The molecule has 0 spiro atoms. The highest BCUT2D eigenvalue weighted by atomic mass is 32.2. The van der Waals surface area contributed by atoms with Gasteiger partial charge in [-0.3, -0.25) is 14.8 Å². The summed E-state index contributed by atoms with van der Waals surface area (Å²) in [5.74, 6) is 0. The van der Waals surface area contributed by atoms with Crippen molar-refractivity contribution < 1.29 is 13.3 Å². The monoisotopic (exact) mass is 307 g/mol. The Bertz CT molecular complexity index is 786. The van der Waals surface area contributed by atoms with Gasteiger partial charge >= 0.3 is 0 Å². The van der Waals surface area contributed by atoms with Gasteiger partial charge in [-0.05, 0) is 36.8 Å². The second-order valence-corrected chi connectivity index (χ2v) is 6.11. The van der Waals surface area contributed by atoms with Crippen LogP contribution >= 0.6 is 0 Å². The Labute approximate surface area is 121 Å². The molecule has 0 aromatic heterocycles. The van der Waals surface area contributed by atoms with E-state index in [1.54, 1.807) is 12.1 Å². The number of aryl methyl sites for hydroxylation is 1. The molecule has 3 N–H and O–H groups in total. The van der Waals surface area contributed by atoms with Crippen LogP contribution in [0.3, 0.4) is 0 Å². The fraction of sp³-hybridized carbons (Fsp3) is 0.0769. The van der Waals surface area contributed by atoms with Gasteiger partial charge in [-0.25, -0.2) is 8.42 Å². The zero-order chi connectivity index (χ0) is 15.6. The second-order valence-electron chi connectivity index (χ2n) is 4.43. The highest BCUT2D eigenvalue weighted by Crippen LogP contribution is 2.22. The van der Waals surface area contributed by atoms with E-state index < -0.39 is 14.9 Å². The minimum absolute atomic E-state index is 0.0627. The molecule has 0 fully saturated rings. The first-order valence-corrected chi connectivity index (χ1v) is 7.41. The number of hydrogen-bond donors (Lipinski definition) is 2. The number of anilines is 2. The zero-order valence-electron chi connectivity index (χ0n) is 11.1. The maximum Gasteiger partial charge on any atom is 0.269 e. The highest BCUT2D eigenvalue weighted by Gasteiger charge is 2.16. The molecule has 0 heterocycles. The summed E-state index contributed by atoms with van der Waals surface area (Å²) < 4.78 is 26.7. The molecule has 0 saturated heterocycles. The number of nitrogen functional groups attached to an aromatic ring is 1. The third kappa shape index (κ3) is 3.29. The Morgan fingerprint density at radius 2 is 1.76 bits per heavy atom. The molecule has 2 aromatic rings. The largest absolute Gasteiger partial charge is 0.398 e. The van der Waals surface area contributed by atoms with Gasteiger partial charge < -0.3 is 5.73 Å². The standard InChI is InChI=1S/C13H13N3O4S/c1-9-2-3-10(8-13(9)14)15-21(19,20)12-6-4-11(5-7-12)16(17)18/h2-8,15H,14H2,1H3. The Morgan fingerprint density at radius 1 is 1.14 bits per heavy atom. The molecule has 0 radical (unpaired) electrons. The summed E-state index contributed by atoms with van der Waals surface area (Å²) in [6, 6.07) is 9.43. The predicted octanol–water partition coefficient (Wildman–Crippen LogP) is 2.29. The van der Waals surface area contributed by atoms with Crippen LogP contribution in [-0.4, -0.2) is 13.3 Å². The van der Waals surface area contributed by atoms with E-state index in [0.29, 0.717) is 11.4 Å². The van der Waals surface area contributed by atoms with Crippen molar-refractivity contribution in [3.63, 3.8) is 0 Å². The van der Waals surface area contributed by atoms with Crippen molar-refractivity contribution in [1.82, 2.24) is 0 Å². The fourth-order valence-electron chi connectivity index (χ4n) is 1.67. The van der Waals surface area contributed by atoms with Crippen LogP contribution in [-0.2, 0) is 10.0 Å². The molecule has 110 valence electrons. The number of benzene rings is 2. The predicted molar refractivity (Wildman–Crippen MR) is 79.5 cm³/mol. The lowest BCUT2D eigenvalue weighted by atomic mass is 10.2. The van der Waals surface area contributed by atoms with Gasteiger partial charge in [-0.15, -0.1) is 0 Å². The van der Waals surface area contributed by atoms with Gasteiger partial charge in [0, 0.05) is 17.8 Å². The van der Waals surface area contributed by atoms with Crippen LogP contribution in [0.4, 0.5) is 17.1 Å². The van der Waals surface area contributed by atoms with Gasteiger partial charge in [-0.1, -0.05) is 6.07 Å². The van der Waals surface area contributed by atoms with Crippen LogP contribution in [0.15, 0.2) is 47.4 Å². The molecule has 8 heteroatoms. The zero-order valence-corrected chi connectivity index (χ0v) is 11.9. The quantitative estimate of drug-likeness (QED) is 0.511. The summed E-state index contributed by atoms with van der Waals surface area (Å²) in [5, 5.41) is 10.5. The Kier molecular flexibility index (Phi) is 3.81. The number of nitrogens with one attached hydrogen (secondary N) is 1. The molecule has 0 unspecified atom stereocenters. The number of nitro groups is 1. The SMILES string of the molecule is Cc1ccc(NS(=O)(=O)c2ccc([N+](=O)[O-])cc2)cc1N. The minimum Gasteiger partial charge on any atom is -0.398 e. The number of nitrogens with zero attached hydrogens (tertiary/aromatic N) is 1. The topological polar surface area (TPSA) is 115 Å². The fourth-order valence-corrected chi connectivity index (χ4v) is 2.71. The average molecular weight is 307 g/mol. The van der Waals surface area contributed by atoms with Crippen molar-refractivity contribution in [3.05, 3.63) is 58.1 Å². The third-order valence-electron chi connectivity index (χ3n) is 2.89. The molecular formula is C13H13N3O4S. The van der Waals surface area contributed by atoms with Gasteiger partial charge in [0.05, 0.1) is 15.5 Å². The smallest absolute Gasteiger partial charge is 0.269 e. The molecule has 7 nitrogen and oxygen atoms in total. The van der Waals surface area contributed by atoms with E-state index in [2.05, 4.69) is 4.72 Å². The molecule has 0 aliphatic rings. The molecule has 0 bridgehead atoms. The van der Waals surface area contributed by atoms with Crippen LogP contribution in [0, 0.1) is 17.0 Å². The van der Waals surface area contributed by atoms with Crippen LogP contribution in [0.5, 0.6) is 0 Å². The van der Waals surface area contributed by atoms with E-state index in [-0.39, 0.29) is 10.6 Å². The van der Waals surface area contributed by atoms with Gasteiger partial charge in [0.25, 0.3) is 15.7 Å². The normalized spacial score (nSPS) is 11.1. The summed E-state index contributed by atoms with van der Waals surface area (Å²) >= 11 is 0. The van der Waals surface area contributed by atoms with E-state index in [0.717, 1.165) is 17.7 Å². The van der Waals surface area contributed by atoms with E-state index >= 15 is 0 Å². The molecule has 2 rings (SSSR count). The lowest BCUT2D eigenvalue weighted by Crippen LogP contribution is -2.13. The van der Waals surface area contributed by atoms with Gasteiger partial charge in [0.1, 0.15) is 0 Å². The summed E-state index contributed by atoms with van der Waals surface area (Å²) in [6.07, 6.45) is 0. The lowest BCUT2D eigenvalue weighted by molar-refractivity contribution is -0.384. The van der Waals surface area contributed by atoms with E-state index in [1.807, 2.05) is 6.92 Å². The minimum atomic E-state index is -3.81. The number of nitrogens with two attached hydrogens (primary N) is 1. The third-order valence-corrected chi connectivity index (χ3v) is 4.29. The molecule has 0 saturated carbocycles. The summed E-state index contributed by atoms with van der Waals surface area (Å²) in [4.78, 5) is 9.89. The Hall–Kier alpha value is -2.61. The van der Waals surface area contributed by atoms with Gasteiger partial charge in [0.2, 0.25) is 0 Å². The van der Waals surface area contributed by atoms with E-state index in [1.165, 1.54) is 18.2 Å². The van der Waals surface area contributed by atoms with E-state index in [9.17, 15) is 18.5 Å². The molecule has 0 aliphatic carbocycles. The number of sulfonamides is 1. The molecule has 0 aliphatic heterocycles. The summed E-state index contributed by atoms with van der Waals surface area (Å²) in [7, 11) is -3.81. The van der Waals surface area contributed by atoms with Gasteiger partial charge in [0.15, 0.2) is 0 Å². The van der Waals surface area contributed by atoms with Crippen molar-refractivity contribution in [1.29, 1.82) is 0 Å². The molecular weight excluding hydrogens is 294 g/mol. The Morgan fingerprint density at radius 3 is 2.29 bits per heavy atom. The number of non-ortho nitro benzene ring substituents is 1. The van der Waals surface area contributed by atoms with Crippen molar-refractivity contribution >= 4 is 27.1 Å². The van der Waals surface area contributed by atoms with Crippen molar-refractivity contribution in [2.75, 3.05) is 10.5 Å². The summed E-state index contributed by atoms with van der Waals surface area (Å²) in [5.41, 5.74) is 7.19. The van der Waals surface area contributed by atoms with Gasteiger partial charge in [-0.2, -0.15) is 0 Å². The number of nitro benzene ring substituents is 1.